The Kier molecular flexibility index (Phi) is 7.31. The lowest BCUT2D eigenvalue weighted by molar-refractivity contribution is -0.143. The second-order valence-electron chi connectivity index (χ2n) is 12.6. The van der Waals surface area contributed by atoms with E-state index in [1.54, 1.807) is 36.4 Å². The van der Waals surface area contributed by atoms with Crippen molar-refractivity contribution in [2.24, 2.45) is 0 Å². The molecule has 8 heteroatoms. The number of benzene rings is 4. The predicted octanol–water partition coefficient (Wildman–Crippen LogP) is 7.48. The van der Waals surface area contributed by atoms with Crippen LogP contribution in [0.15, 0.2) is 79.1 Å². The van der Waals surface area contributed by atoms with Gasteiger partial charge in [-0.1, -0.05) is 30.3 Å². The number of para-hydroxylation sites is 2. The van der Waals surface area contributed by atoms with Gasteiger partial charge in [0.25, 0.3) is 0 Å². The second-order valence-corrected chi connectivity index (χ2v) is 12.6. The van der Waals surface area contributed by atoms with Crippen molar-refractivity contribution < 1.29 is 27.8 Å². The van der Waals surface area contributed by atoms with E-state index in [0.717, 1.165) is 29.5 Å². The zero-order valence-corrected chi connectivity index (χ0v) is 26.3. The van der Waals surface area contributed by atoms with Gasteiger partial charge in [-0.3, -0.25) is 14.4 Å². The molecule has 0 saturated carbocycles. The van der Waals surface area contributed by atoms with Gasteiger partial charge in [0.1, 0.15) is 22.4 Å². The quantitative estimate of drug-likeness (QED) is 0.103. The summed E-state index contributed by atoms with van der Waals surface area (Å²) in [5, 5.41) is 1.90. The van der Waals surface area contributed by atoms with Gasteiger partial charge in [-0.25, -0.2) is 0 Å². The highest BCUT2D eigenvalue weighted by atomic mass is 16.5. The normalized spacial score (nSPS) is 14.0. The SMILES string of the molecule is Cc1ccc2c(=O)c3cccc(CC(=O)OCCCOc4c5c(cc6c(=O)c7ccccc7oc46)CCC(C)(C)O5)c3oc2c1C. The van der Waals surface area contributed by atoms with Gasteiger partial charge in [-0.2, -0.15) is 0 Å². The Bertz CT molecular complexity index is 2310. The molecule has 0 radical (unpaired) electrons. The Morgan fingerprint density at radius 2 is 1.59 bits per heavy atom. The van der Waals surface area contributed by atoms with Crippen molar-refractivity contribution in [3.8, 4) is 11.5 Å². The minimum Gasteiger partial charge on any atom is -0.486 e. The van der Waals surface area contributed by atoms with Crippen molar-refractivity contribution >= 4 is 49.8 Å². The highest BCUT2D eigenvalue weighted by molar-refractivity contribution is 5.95. The number of rotatable bonds is 7. The molecule has 0 unspecified atom stereocenters. The molecule has 0 amide bonds. The van der Waals surface area contributed by atoms with E-state index < -0.39 is 11.6 Å². The molecule has 0 N–H and O–H groups in total. The van der Waals surface area contributed by atoms with Crippen LogP contribution in [-0.2, 0) is 22.4 Å². The van der Waals surface area contributed by atoms with Crippen LogP contribution in [0.4, 0.5) is 0 Å². The summed E-state index contributed by atoms with van der Waals surface area (Å²) in [6.07, 6.45) is 1.89. The van der Waals surface area contributed by atoms with Crippen LogP contribution in [0.3, 0.4) is 0 Å². The monoisotopic (exact) mass is 618 g/mol. The zero-order chi connectivity index (χ0) is 32.2. The Balaban J connectivity index is 1.09. The van der Waals surface area contributed by atoms with Gasteiger partial charge in [0.15, 0.2) is 11.3 Å². The number of esters is 1. The van der Waals surface area contributed by atoms with Crippen molar-refractivity contribution in [2.75, 3.05) is 13.2 Å². The van der Waals surface area contributed by atoms with Gasteiger partial charge in [-0.05, 0) is 87.6 Å². The molecular weight excluding hydrogens is 584 g/mol. The van der Waals surface area contributed by atoms with Gasteiger partial charge in [0, 0.05) is 12.0 Å². The third-order valence-corrected chi connectivity index (χ3v) is 8.83. The van der Waals surface area contributed by atoms with Gasteiger partial charge < -0.3 is 23.0 Å². The third-order valence-electron chi connectivity index (χ3n) is 8.83. The summed E-state index contributed by atoms with van der Waals surface area (Å²) in [5.41, 5.74) is 4.48. The molecule has 0 aliphatic carbocycles. The van der Waals surface area contributed by atoms with E-state index in [9.17, 15) is 14.4 Å². The van der Waals surface area contributed by atoms with Crippen LogP contribution in [-0.4, -0.2) is 24.8 Å². The summed E-state index contributed by atoms with van der Waals surface area (Å²) in [6, 6.07) is 17.9. The van der Waals surface area contributed by atoms with E-state index in [4.69, 9.17) is 23.0 Å². The van der Waals surface area contributed by atoms with Gasteiger partial charge in [-0.15, -0.1) is 0 Å². The Morgan fingerprint density at radius 1 is 0.826 bits per heavy atom. The number of carbonyl (C=O) groups is 1. The largest absolute Gasteiger partial charge is 0.486 e. The first-order valence-electron chi connectivity index (χ1n) is 15.5. The van der Waals surface area contributed by atoms with Gasteiger partial charge >= 0.3 is 5.97 Å². The van der Waals surface area contributed by atoms with Crippen LogP contribution in [0, 0.1) is 13.8 Å². The molecule has 0 atom stereocenters. The maximum atomic E-state index is 13.4. The van der Waals surface area contributed by atoms with Crippen molar-refractivity contribution in [3.05, 3.63) is 103 Å². The first-order chi connectivity index (χ1) is 22.1. The average molecular weight is 619 g/mol. The second kappa shape index (κ2) is 11.4. The van der Waals surface area contributed by atoms with Gasteiger partial charge in [0.05, 0.1) is 41.2 Å². The first-order valence-corrected chi connectivity index (χ1v) is 15.5. The molecule has 1 aliphatic rings. The predicted molar refractivity (Wildman–Crippen MR) is 177 cm³/mol. The smallest absolute Gasteiger partial charge is 0.310 e. The lowest BCUT2D eigenvalue weighted by Crippen LogP contribution is -2.33. The van der Waals surface area contributed by atoms with Crippen molar-refractivity contribution in [3.63, 3.8) is 0 Å². The van der Waals surface area contributed by atoms with Crippen LogP contribution in [0.2, 0.25) is 0 Å². The molecule has 0 saturated heterocycles. The minimum absolute atomic E-state index is 0.0461. The van der Waals surface area contributed by atoms with Crippen molar-refractivity contribution in [2.45, 2.75) is 59.0 Å². The molecule has 2 aromatic heterocycles. The summed E-state index contributed by atoms with van der Waals surface area (Å²) in [6.45, 7) is 8.24. The standard InChI is InChI=1S/C38H34O8/c1-21-13-14-27-32(41)26-11-7-9-23(34(26)45-33(27)22(21)2)20-30(39)42-17-8-18-43-37-35-24(15-16-38(3,4)46-35)19-28-31(40)25-10-5-6-12-29(25)44-36(28)37/h5-7,9-14,19H,8,15-18,20H2,1-4H3. The van der Waals surface area contributed by atoms with E-state index in [-0.39, 0.29) is 30.5 Å². The Morgan fingerprint density at radius 3 is 2.43 bits per heavy atom. The highest BCUT2D eigenvalue weighted by Gasteiger charge is 2.32. The molecule has 6 aromatic rings. The Labute approximate surface area is 264 Å². The molecule has 8 nitrogen and oxygen atoms in total. The third kappa shape index (κ3) is 5.17. The summed E-state index contributed by atoms with van der Waals surface area (Å²) in [7, 11) is 0. The zero-order valence-electron chi connectivity index (χ0n) is 26.3. The summed E-state index contributed by atoms with van der Waals surface area (Å²) in [5.74, 6) is 0.522. The fourth-order valence-electron chi connectivity index (χ4n) is 6.13. The van der Waals surface area contributed by atoms with Gasteiger partial charge in [0.2, 0.25) is 16.6 Å². The maximum Gasteiger partial charge on any atom is 0.310 e. The van der Waals surface area contributed by atoms with Crippen LogP contribution < -0.4 is 20.3 Å². The molecule has 1 aliphatic heterocycles. The molecule has 46 heavy (non-hydrogen) atoms. The van der Waals surface area contributed by atoms with Crippen molar-refractivity contribution in [1.82, 2.24) is 0 Å². The summed E-state index contributed by atoms with van der Waals surface area (Å²) in [4.78, 5) is 39.5. The number of carbonyl (C=O) groups excluding carboxylic acids is 1. The van der Waals surface area contributed by atoms with Crippen LogP contribution >= 0.6 is 0 Å². The molecule has 3 heterocycles. The summed E-state index contributed by atoms with van der Waals surface area (Å²) < 4.78 is 30.6. The lowest BCUT2D eigenvalue weighted by atomic mass is 9.93. The Hall–Kier alpha value is -5.11. The number of hydrogen-bond donors (Lipinski definition) is 0. The van der Waals surface area contributed by atoms with E-state index in [2.05, 4.69) is 0 Å². The molecule has 234 valence electrons. The molecule has 7 rings (SSSR count). The number of fused-ring (bicyclic) bond motifs is 5. The maximum absolute atomic E-state index is 13.4. The average Bonchev–Trinajstić information content (AvgIpc) is 3.03. The molecule has 0 spiro atoms. The fraction of sp³-hybridized carbons (Fsp3) is 0.289. The van der Waals surface area contributed by atoms with E-state index in [0.29, 0.717) is 67.4 Å². The minimum atomic E-state index is -0.443. The number of ether oxygens (including phenoxy) is 3. The molecule has 0 bridgehead atoms. The van der Waals surface area contributed by atoms with Crippen LogP contribution in [0.5, 0.6) is 11.5 Å². The van der Waals surface area contributed by atoms with E-state index in [1.807, 2.05) is 52.0 Å². The number of hydrogen-bond acceptors (Lipinski definition) is 8. The van der Waals surface area contributed by atoms with Crippen molar-refractivity contribution in [1.29, 1.82) is 0 Å². The molecule has 4 aromatic carbocycles. The van der Waals surface area contributed by atoms with E-state index in [1.165, 1.54) is 0 Å². The van der Waals surface area contributed by atoms with Crippen LogP contribution in [0.1, 0.15) is 48.9 Å². The molecule has 0 fully saturated rings. The van der Waals surface area contributed by atoms with Crippen LogP contribution in [0.25, 0.3) is 43.9 Å². The molecular formula is C38H34O8. The highest BCUT2D eigenvalue weighted by Crippen LogP contribution is 2.45. The lowest BCUT2D eigenvalue weighted by Gasteiger charge is -2.33. The number of aryl methyl sites for hydroxylation is 3. The first kappa shape index (κ1) is 29.6. The summed E-state index contributed by atoms with van der Waals surface area (Å²) >= 11 is 0. The topological polar surface area (TPSA) is 105 Å². The van der Waals surface area contributed by atoms with E-state index >= 15 is 0 Å². The fourth-order valence-corrected chi connectivity index (χ4v) is 6.13.